The highest BCUT2D eigenvalue weighted by atomic mass is 35.5. The number of carbonyl (C=O) groups is 1. The van der Waals surface area contributed by atoms with Gasteiger partial charge in [0.05, 0.1) is 0 Å². The topological polar surface area (TPSA) is 41.1 Å². The molecule has 1 amide bonds. The maximum Gasteiger partial charge on any atom is 0.251 e. The Morgan fingerprint density at radius 2 is 1.76 bits per heavy atom. The van der Waals surface area contributed by atoms with Gasteiger partial charge in [-0.2, -0.15) is 0 Å². The molecule has 17 heavy (non-hydrogen) atoms. The molecule has 4 heteroatoms. The Labute approximate surface area is 109 Å². The third kappa shape index (κ3) is 5.71. The normalized spacial score (nSPS) is 9.53. The molecule has 1 aromatic carbocycles. The van der Waals surface area contributed by atoms with Crippen molar-refractivity contribution in [3.63, 3.8) is 0 Å². The molecule has 0 atom stereocenters. The minimum Gasteiger partial charge on any atom is -0.351 e. The summed E-state index contributed by atoms with van der Waals surface area (Å²) in [6.07, 6.45) is 1.00. The molecule has 0 aliphatic rings. The van der Waals surface area contributed by atoms with Crippen molar-refractivity contribution in [1.29, 1.82) is 0 Å². The molecule has 3 nitrogen and oxygen atoms in total. The monoisotopic (exact) mass is 256 g/mol. The first-order chi connectivity index (χ1) is 7.77. The van der Waals surface area contributed by atoms with Crippen molar-refractivity contribution in [1.82, 2.24) is 10.6 Å². The molecule has 0 aromatic heterocycles. The SMILES string of the molecule is CCNCCNC(=O)c1ccc(CC)cc1.Cl. The standard InChI is InChI=1S/C13H20N2O.ClH/c1-3-11-5-7-12(8-6-11)13(16)15-10-9-14-4-2;/h5-8,14H,3-4,9-10H2,1-2H3,(H,15,16);1H. The lowest BCUT2D eigenvalue weighted by atomic mass is 10.1. The van der Waals surface area contributed by atoms with E-state index in [9.17, 15) is 4.79 Å². The first-order valence-electron chi connectivity index (χ1n) is 5.85. The van der Waals surface area contributed by atoms with Gasteiger partial charge in [-0.1, -0.05) is 26.0 Å². The fourth-order valence-corrected chi connectivity index (χ4v) is 1.44. The highest BCUT2D eigenvalue weighted by Crippen LogP contribution is 2.04. The van der Waals surface area contributed by atoms with Gasteiger partial charge < -0.3 is 10.6 Å². The molecule has 0 aliphatic carbocycles. The van der Waals surface area contributed by atoms with Gasteiger partial charge in [0.15, 0.2) is 0 Å². The zero-order valence-electron chi connectivity index (χ0n) is 10.5. The van der Waals surface area contributed by atoms with Gasteiger partial charge in [-0.3, -0.25) is 4.79 Å². The highest BCUT2D eigenvalue weighted by molar-refractivity contribution is 5.94. The Kier molecular flexibility index (Phi) is 8.46. The van der Waals surface area contributed by atoms with Crippen molar-refractivity contribution >= 4 is 18.3 Å². The Bertz CT molecular complexity index is 325. The summed E-state index contributed by atoms with van der Waals surface area (Å²) in [6.45, 7) is 6.56. The van der Waals surface area contributed by atoms with Crippen LogP contribution in [0.25, 0.3) is 0 Å². The average molecular weight is 257 g/mol. The van der Waals surface area contributed by atoms with Crippen LogP contribution >= 0.6 is 12.4 Å². The number of carbonyl (C=O) groups excluding carboxylic acids is 1. The van der Waals surface area contributed by atoms with Crippen LogP contribution in [0.1, 0.15) is 29.8 Å². The molecule has 0 saturated heterocycles. The minimum atomic E-state index is 0. The average Bonchev–Trinajstić information content (AvgIpc) is 2.34. The second kappa shape index (κ2) is 9.02. The number of rotatable bonds is 6. The fraction of sp³-hybridized carbons (Fsp3) is 0.462. The Morgan fingerprint density at radius 3 is 2.29 bits per heavy atom. The number of aryl methyl sites for hydroxylation is 1. The van der Waals surface area contributed by atoms with Crippen LogP contribution in [0.5, 0.6) is 0 Å². The summed E-state index contributed by atoms with van der Waals surface area (Å²) in [7, 11) is 0. The Balaban J connectivity index is 0.00000256. The van der Waals surface area contributed by atoms with E-state index < -0.39 is 0 Å². The Hall–Kier alpha value is -1.06. The van der Waals surface area contributed by atoms with Crippen molar-refractivity contribution in [2.24, 2.45) is 0 Å². The third-order valence-electron chi connectivity index (χ3n) is 2.46. The van der Waals surface area contributed by atoms with Crippen molar-refractivity contribution in [2.45, 2.75) is 20.3 Å². The van der Waals surface area contributed by atoms with E-state index in [0.29, 0.717) is 6.54 Å². The van der Waals surface area contributed by atoms with E-state index in [1.165, 1.54) is 5.56 Å². The molecular formula is C13H21ClN2O. The molecule has 0 radical (unpaired) electrons. The molecule has 2 N–H and O–H groups in total. The van der Waals surface area contributed by atoms with Gasteiger partial charge in [0, 0.05) is 18.7 Å². The number of hydrogen-bond acceptors (Lipinski definition) is 2. The second-order valence-corrected chi connectivity index (χ2v) is 3.66. The number of benzene rings is 1. The van der Waals surface area contributed by atoms with E-state index in [1.807, 2.05) is 31.2 Å². The van der Waals surface area contributed by atoms with E-state index in [0.717, 1.165) is 25.1 Å². The summed E-state index contributed by atoms with van der Waals surface area (Å²) in [6, 6.07) is 7.75. The number of halogens is 1. The maximum atomic E-state index is 11.7. The van der Waals surface area contributed by atoms with E-state index in [4.69, 9.17) is 0 Å². The van der Waals surface area contributed by atoms with Crippen LogP contribution < -0.4 is 10.6 Å². The van der Waals surface area contributed by atoms with Crippen LogP contribution in [0.4, 0.5) is 0 Å². The van der Waals surface area contributed by atoms with E-state index >= 15 is 0 Å². The fourth-order valence-electron chi connectivity index (χ4n) is 1.44. The summed E-state index contributed by atoms with van der Waals surface area (Å²) in [5, 5.41) is 6.03. The summed E-state index contributed by atoms with van der Waals surface area (Å²) >= 11 is 0. The summed E-state index contributed by atoms with van der Waals surface area (Å²) in [4.78, 5) is 11.7. The van der Waals surface area contributed by atoms with Crippen molar-refractivity contribution in [3.8, 4) is 0 Å². The lowest BCUT2D eigenvalue weighted by Crippen LogP contribution is -2.31. The Morgan fingerprint density at radius 1 is 1.12 bits per heavy atom. The first-order valence-corrected chi connectivity index (χ1v) is 5.85. The van der Waals surface area contributed by atoms with E-state index in [2.05, 4.69) is 17.6 Å². The zero-order chi connectivity index (χ0) is 11.8. The quantitative estimate of drug-likeness (QED) is 0.765. The number of nitrogens with one attached hydrogen (secondary N) is 2. The smallest absolute Gasteiger partial charge is 0.251 e. The molecule has 1 rings (SSSR count). The maximum absolute atomic E-state index is 11.7. The van der Waals surface area contributed by atoms with Crippen LogP contribution in [-0.4, -0.2) is 25.5 Å². The van der Waals surface area contributed by atoms with Crippen molar-refractivity contribution < 1.29 is 4.79 Å². The van der Waals surface area contributed by atoms with Crippen LogP contribution in [0.15, 0.2) is 24.3 Å². The molecule has 0 unspecified atom stereocenters. The first kappa shape index (κ1) is 15.9. The molecule has 0 aliphatic heterocycles. The van der Waals surface area contributed by atoms with Crippen LogP contribution in [-0.2, 0) is 6.42 Å². The number of likely N-dealkylation sites (N-methyl/N-ethyl adjacent to an activating group) is 1. The van der Waals surface area contributed by atoms with Crippen LogP contribution in [0.3, 0.4) is 0 Å². The molecule has 0 saturated carbocycles. The van der Waals surface area contributed by atoms with Gasteiger partial charge in [0.1, 0.15) is 0 Å². The molecule has 0 heterocycles. The summed E-state index contributed by atoms with van der Waals surface area (Å²) < 4.78 is 0. The van der Waals surface area contributed by atoms with Gasteiger partial charge in [0.25, 0.3) is 5.91 Å². The zero-order valence-corrected chi connectivity index (χ0v) is 11.3. The largest absolute Gasteiger partial charge is 0.351 e. The van der Waals surface area contributed by atoms with Crippen LogP contribution in [0.2, 0.25) is 0 Å². The lowest BCUT2D eigenvalue weighted by molar-refractivity contribution is 0.0954. The predicted octanol–water partition coefficient (Wildman–Crippen LogP) is 2.01. The van der Waals surface area contributed by atoms with Gasteiger partial charge in [-0.25, -0.2) is 0 Å². The van der Waals surface area contributed by atoms with E-state index in [1.54, 1.807) is 0 Å². The molecular weight excluding hydrogens is 236 g/mol. The number of amides is 1. The van der Waals surface area contributed by atoms with Gasteiger partial charge >= 0.3 is 0 Å². The highest BCUT2D eigenvalue weighted by Gasteiger charge is 2.03. The third-order valence-corrected chi connectivity index (χ3v) is 2.46. The second-order valence-electron chi connectivity index (χ2n) is 3.66. The van der Waals surface area contributed by atoms with E-state index in [-0.39, 0.29) is 18.3 Å². The van der Waals surface area contributed by atoms with Crippen molar-refractivity contribution in [2.75, 3.05) is 19.6 Å². The lowest BCUT2D eigenvalue weighted by Gasteiger charge is -2.06. The molecule has 1 aromatic rings. The number of hydrogen-bond donors (Lipinski definition) is 2. The van der Waals surface area contributed by atoms with Gasteiger partial charge in [-0.05, 0) is 30.7 Å². The molecule has 0 bridgehead atoms. The summed E-state index contributed by atoms with van der Waals surface area (Å²) in [5.74, 6) is 0.000515. The van der Waals surface area contributed by atoms with Gasteiger partial charge in [0.2, 0.25) is 0 Å². The predicted molar refractivity (Wildman–Crippen MR) is 73.9 cm³/mol. The molecule has 96 valence electrons. The summed E-state index contributed by atoms with van der Waals surface area (Å²) in [5.41, 5.74) is 1.98. The van der Waals surface area contributed by atoms with Gasteiger partial charge in [-0.15, -0.1) is 12.4 Å². The molecule has 0 fully saturated rings. The molecule has 0 spiro atoms. The minimum absolute atomic E-state index is 0. The van der Waals surface area contributed by atoms with Crippen LogP contribution in [0, 0.1) is 0 Å². The van der Waals surface area contributed by atoms with Crippen molar-refractivity contribution in [3.05, 3.63) is 35.4 Å².